The van der Waals surface area contributed by atoms with Crippen molar-refractivity contribution in [3.63, 3.8) is 0 Å². The molecule has 1 amide bonds. The summed E-state index contributed by atoms with van der Waals surface area (Å²) in [6.07, 6.45) is 8.28. The first-order chi connectivity index (χ1) is 11.9. The van der Waals surface area contributed by atoms with Crippen LogP contribution in [0.2, 0.25) is 0 Å². The number of rotatable bonds is 4. The molecule has 1 aromatic rings. The standard InChI is InChI=1S/C18H27N3O3S/c1-15(22)19-16-6-5-7-17(14-16)20-25(23,24)21-12-10-18(11-13-21)8-3-2-4-9-18/h5-7,14,20H,2-4,8-13H2,1H3,(H,19,22). The van der Waals surface area contributed by atoms with E-state index in [0.717, 1.165) is 12.8 Å². The molecule has 1 aliphatic carbocycles. The Bertz CT molecular complexity index is 717. The van der Waals surface area contributed by atoms with Crippen molar-refractivity contribution in [3.05, 3.63) is 24.3 Å². The van der Waals surface area contributed by atoms with Crippen LogP contribution in [-0.4, -0.2) is 31.7 Å². The van der Waals surface area contributed by atoms with E-state index in [1.165, 1.54) is 39.0 Å². The smallest absolute Gasteiger partial charge is 0.301 e. The molecule has 1 aromatic carbocycles. The molecule has 2 fully saturated rings. The van der Waals surface area contributed by atoms with Gasteiger partial charge < -0.3 is 5.32 Å². The molecule has 3 rings (SSSR count). The molecule has 1 saturated heterocycles. The van der Waals surface area contributed by atoms with E-state index < -0.39 is 10.2 Å². The highest BCUT2D eigenvalue weighted by Crippen LogP contribution is 2.44. The summed E-state index contributed by atoms with van der Waals surface area (Å²) in [5.74, 6) is -0.186. The molecule has 1 aliphatic heterocycles. The number of nitrogens with one attached hydrogen (secondary N) is 2. The van der Waals surface area contributed by atoms with Gasteiger partial charge in [0.15, 0.2) is 0 Å². The van der Waals surface area contributed by atoms with Crippen molar-refractivity contribution in [1.82, 2.24) is 4.31 Å². The van der Waals surface area contributed by atoms with Crippen molar-refractivity contribution in [2.45, 2.75) is 51.9 Å². The van der Waals surface area contributed by atoms with Crippen LogP contribution in [-0.2, 0) is 15.0 Å². The summed E-state index contributed by atoms with van der Waals surface area (Å²) in [6, 6.07) is 6.77. The quantitative estimate of drug-likeness (QED) is 0.859. The van der Waals surface area contributed by atoms with Gasteiger partial charge in [0, 0.05) is 25.7 Å². The normalized spacial score (nSPS) is 21.0. The van der Waals surface area contributed by atoms with Gasteiger partial charge >= 0.3 is 10.2 Å². The van der Waals surface area contributed by atoms with Crippen LogP contribution in [0.3, 0.4) is 0 Å². The van der Waals surface area contributed by atoms with Crippen LogP contribution in [0.25, 0.3) is 0 Å². The summed E-state index contributed by atoms with van der Waals surface area (Å²) in [5, 5.41) is 2.66. The van der Waals surface area contributed by atoms with Crippen LogP contribution in [0.4, 0.5) is 11.4 Å². The van der Waals surface area contributed by atoms with E-state index >= 15 is 0 Å². The van der Waals surface area contributed by atoms with Crippen LogP contribution < -0.4 is 10.0 Å². The zero-order valence-electron chi connectivity index (χ0n) is 14.8. The topological polar surface area (TPSA) is 78.5 Å². The summed E-state index contributed by atoms with van der Waals surface area (Å²) >= 11 is 0. The fourth-order valence-corrected chi connectivity index (χ4v) is 5.30. The predicted molar refractivity (Wildman–Crippen MR) is 99.6 cm³/mol. The molecule has 2 N–H and O–H groups in total. The fraction of sp³-hybridized carbons (Fsp3) is 0.611. The Hall–Kier alpha value is -1.60. The van der Waals surface area contributed by atoms with E-state index in [-0.39, 0.29) is 5.91 Å². The van der Waals surface area contributed by atoms with Crippen molar-refractivity contribution in [1.29, 1.82) is 0 Å². The highest BCUT2D eigenvalue weighted by molar-refractivity contribution is 7.90. The van der Waals surface area contributed by atoms with Crippen LogP contribution in [0, 0.1) is 5.41 Å². The van der Waals surface area contributed by atoms with E-state index in [9.17, 15) is 13.2 Å². The Morgan fingerprint density at radius 3 is 2.32 bits per heavy atom. The monoisotopic (exact) mass is 365 g/mol. The van der Waals surface area contributed by atoms with Crippen molar-refractivity contribution < 1.29 is 13.2 Å². The van der Waals surface area contributed by atoms with E-state index in [0.29, 0.717) is 29.9 Å². The Balaban J connectivity index is 1.63. The highest BCUT2D eigenvalue weighted by Gasteiger charge is 2.38. The second-order valence-corrected chi connectivity index (χ2v) is 9.00. The van der Waals surface area contributed by atoms with E-state index in [4.69, 9.17) is 0 Å². The maximum Gasteiger partial charge on any atom is 0.301 e. The second-order valence-electron chi connectivity index (χ2n) is 7.33. The number of hydrogen-bond acceptors (Lipinski definition) is 3. The molecular formula is C18H27N3O3S. The van der Waals surface area contributed by atoms with Gasteiger partial charge in [0.1, 0.15) is 0 Å². The minimum atomic E-state index is -3.57. The van der Waals surface area contributed by atoms with E-state index in [1.807, 2.05) is 0 Å². The zero-order chi connectivity index (χ0) is 17.9. The second kappa shape index (κ2) is 7.33. The van der Waals surface area contributed by atoms with Crippen molar-refractivity contribution in [2.75, 3.05) is 23.1 Å². The Labute approximate surface area is 150 Å². The molecule has 0 aromatic heterocycles. The lowest BCUT2D eigenvalue weighted by atomic mass is 9.68. The first-order valence-electron chi connectivity index (χ1n) is 9.04. The van der Waals surface area contributed by atoms with Gasteiger partial charge in [-0.2, -0.15) is 12.7 Å². The highest BCUT2D eigenvalue weighted by atomic mass is 32.2. The number of carbonyl (C=O) groups is 1. The average molecular weight is 365 g/mol. The fourth-order valence-electron chi connectivity index (χ4n) is 4.08. The molecule has 6 nitrogen and oxygen atoms in total. The molecular weight excluding hydrogens is 338 g/mol. The van der Waals surface area contributed by atoms with E-state index in [2.05, 4.69) is 10.0 Å². The first-order valence-corrected chi connectivity index (χ1v) is 10.5. The van der Waals surface area contributed by atoms with Crippen molar-refractivity contribution >= 4 is 27.5 Å². The summed E-state index contributed by atoms with van der Waals surface area (Å²) < 4.78 is 29.6. The largest absolute Gasteiger partial charge is 0.326 e. The molecule has 1 saturated carbocycles. The van der Waals surface area contributed by atoms with Gasteiger partial charge in [-0.25, -0.2) is 0 Å². The minimum Gasteiger partial charge on any atom is -0.326 e. The van der Waals surface area contributed by atoms with Crippen LogP contribution in [0.1, 0.15) is 51.9 Å². The van der Waals surface area contributed by atoms with Gasteiger partial charge in [-0.1, -0.05) is 25.3 Å². The minimum absolute atomic E-state index is 0.186. The Morgan fingerprint density at radius 1 is 1.04 bits per heavy atom. The molecule has 0 unspecified atom stereocenters. The van der Waals surface area contributed by atoms with Gasteiger partial charge in [-0.3, -0.25) is 9.52 Å². The number of anilines is 2. The third-order valence-electron chi connectivity index (χ3n) is 5.47. The number of hydrogen-bond donors (Lipinski definition) is 2. The number of nitrogens with zero attached hydrogens (tertiary/aromatic N) is 1. The molecule has 7 heteroatoms. The molecule has 0 radical (unpaired) electrons. The van der Waals surface area contributed by atoms with Gasteiger partial charge in [-0.05, 0) is 49.3 Å². The summed E-state index contributed by atoms with van der Waals surface area (Å²) in [6.45, 7) is 2.59. The third-order valence-corrected chi connectivity index (χ3v) is 7.01. The number of benzene rings is 1. The van der Waals surface area contributed by atoms with Crippen LogP contribution >= 0.6 is 0 Å². The van der Waals surface area contributed by atoms with E-state index in [1.54, 1.807) is 28.6 Å². The molecule has 2 aliphatic rings. The number of amides is 1. The van der Waals surface area contributed by atoms with Gasteiger partial charge in [-0.15, -0.1) is 0 Å². The van der Waals surface area contributed by atoms with Crippen molar-refractivity contribution in [2.24, 2.45) is 5.41 Å². The summed E-state index contributed by atoms with van der Waals surface area (Å²) in [4.78, 5) is 11.1. The van der Waals surface area contributed by atoms with Gasteiger partial charge in [0.05, 0.1) is 5.69 Å². The third kappa shape index (κ3) is 4.52. The molecule has 1 heterocycles. The number of carbonyl (C=O) groups excluding carboxylic acids is 1. The molecule has 138 valence electrons. The lowest BCUT2D eigenvalue weighted by Crippen LogP contribution is -2.45. The number of piperidine rings is 1. The molecule has 1 spiro atoms. The predicted octanol–water partition coefficient (Wildman–Crippen LogP) is 3.35. The lowest BCUT2D eigenvalue weighted by Gasteiger charge is -2.43. The maximum atomic E-state index is 12.7. The molecule has 25 heavy (non-hydrogen) atoms. The maximum absolute atomic E-state index is 12.7. The van der Waals surface area contributed by atoms with Crippen molar-refractivity contribution in [3.8, 4) is 0 Å². The molecule has 0 bridgehead atoms. The Kier molecular flexibility index (Phi) is 5.34. The molecule has 0 atom stereocenters. The summed E-state index contributed by atoms with van der Waals surface area (Å²) in [7, 11) is -3.57. The average Bonchev–Trinajstić information content (AvgIpc) is 2.55. The SMILES string of the molecule is CC(=O)Nc1cccc(NS(=O)(=O)N2CCC3(CCCCC3)CC2)c1. The van der Waals surface area contributed by atoms with Gasteiger partial charge in [0.25, 0.3) is 0 Å². The van der Waals surface area contributed by atoms with Crippen LogP contribution in [0.15, 0.2) is 24.3 Å². The Morgan fingerprint density at radius 2 is 1.68 bits per heavy atom. The lowest BCUT2D eigenvalue weighted by molar-refractivity contribution is -0.114. The zero-order valence-corrected chi connectivity index (χ0v) is 15.6. The first kappa shape index (κ1) is 18.2. The summed E-state index contributed by atoms with van der Waals surface area (Å²) in [5.41, 5.74) is 1.41. The van der Waals surface area contributed by atoms with Gasteiger partial charge in [0.2, 0.25) is 5.91 Å². The van der Waals surface area contributed by atoms with Crippen LogP contribution in [0.5, 0.6) is 0 Å².